The van der Waals surface area contributed by atoms with Gasteiger partial charge in [-0.15, -0.1) is 0 Å². The van der Waals surface area contributed by atoms with Gasteiger partial charge in [-0.25, -0.2) is 4.39 Å². The van der Waals surface area contributed by atoms with E-state index in [0.29, 0.717) is 18.4 Å². The topological polar surface area (TPSA) is 30.9 Å². The molecule has 0 aromatic heterocycles. The maximum Gasteiger partial charge on any atom is 0.123 e. The van der Waals surface area contributed by atoms with E-state index in [4.69, 9.17) is 14.2 Å². The van der Waals surface area contributed by atoms with Crippen molar-refractivity contribution in [3.63, 3.8) is 0 Å². The summed E-state index contributed by atoms with van der Waals surface area (Å²) in [5.74, 6) is 0.433. The molecule has 0 N–H and O–H groups in total. The number of likely N-dealkylation sites (tertiary alicyclic amines) is 1. The molecule has 2 aliphatic rings. The molecule has 0 aliphatic carbocycles. The van der Waals surface area contributed by atoms with Crippen LogP contribution in [0.5, 0.6) is 5.75 Å². The van der Waals surface area contributed by atoms with E-state index in [2.05, 4.69) is 4.90 Å². The molecule has 1 aromatic rings. The molecular formula is C17H24FNO3. The first-order valence-corrected chi connectivity index (χ1v) is 7.96. The molecule has 4 nitrogen and oxygen atoms in total. The van der Waals surface area contributed by atoms with Gasteiger partial charge in [-0.3, -0.25) is 4.90 Å². The highest BCUT2D eigenvalue weighted by Gasteiger charge is 2.41. The number of ether oxygens (including phenoxy) is 3. The third kappa shape index (κ3) is 3.59. The van der Waals surface area contributed by atoms with Crippen molar-refractivity contribution in [2.75, 3.05) is 40.0 Å². The van der Waals surface area contributed by atoms with Crippen LogP contribution < -0.4 is 4.74 Å². The molecule has 0 amide bonds. The van der Waals surface area contributed by atoms with Gasteiger partial charge >= 0.3 is 0 Å². The van der Waals surface area contributed by atoms with Gasteiger partial charge < -0.3 is 14.2 Å². The third-order valence-corrected chi connectivity index (χ3v) is 4.80. The van der Waals surface area contributed by atoms with Crippen LogP contribution in [0.3, 0.4) is 0 Å². The number of benzene rings is 1. The van der Waals surface area contributed by atoms with Crippen molar-refractivity contribution >= 4 is 0 Å². The van der Waals surface area contributed by atoms with Gasteiger partial charge in [0.1, 0.15) is 23.8 Å². The molecule has 5 heteroatoms. The fourth-order valence-corrected chi connectivity index (χ4v) is 3.33. The Labute approximate surface area is 131 Å². The number of hydrogen-bond donors (Lipinski definition) is 0. The molecule has 0 saturated carbocycles. The molecule has 0 bridgehead atoms. The average Bonchev–Trinajstić information content (AvgIpc) is 3.00. The first kappa shape index (κ1) is 15.7. The summed E-state index contributed by atoms with van der Waals surface area (Å²) in [6.07, 6.45) is 3.15. The van der Waals surface area contributed by atoms with Crippen LogP contribution in [0.2, 0.25) is 0 Å². The first-order valence-electron chi connectivity index (χ1n) is 7.96. The summed E-state index contributed by atoms with van der Waals surface area (Å²) in [4.78, 5) is 2.50. The van der Waals surface area contributed by atoms with Gasteiger partial charge in [-0.05, 0) is 43.5 Å². The van der Waals surface area contributed by atoms with Crippen molar-refractivity contribution in [3.8, 4) is 5.75 Å². The number of methoxy groups -OCH3 is 1. The van der Waals surface area contributed by atoms with Crippen molar-refractivity contribution < 1.29 is 18.6 Å². The molecule has 1 unspecified atom stereocenters. The Bertz CT molecular complexity index is 475. The fraction of sp³-hybridized carbons (Fsp3) is 0.647. The normalized spacial score (nSPS) is 27.2. The Kier molecular flexibility index (Phi) is 4.96. The van der Waals surface area contributed by atoms with Crippen LogP contribution in [0, 0.1) is 5.82 Å². The van der Waals surface area contributed by atoms with Gasteiger partial charge in [0.25, 0.3) is 0 Å². The summed E-state index contributed by atoms with van der Waals surface area (Å²) in [6, 6.07) is 6.74. The zero-order chi connectivity index (χ0) is 15.4. The second-order valence-electron chi connectivity index (χ2n) is 6.19. The van der Waals surface area contributed by atoms with Gasteiger partial charge in [0.05, 0.1) is 0 Å². The minimum atomic E-state index is -0.271. The predicted octanol–water partition coefficient (Wildman–Crippen LogP) is 2.47. The monoisotopic (exact) mass is 309 g/mol. The van der Waals surface area contributed by atoms with E-state index in [1.165, 1.54) is 12.1 Å². The van der Waals surface area contributed by atoms with Crippen molar-refractivity contribution in [3.05, 3.63) is 30.1 Å². The zero-order valence-electron chi connectivity index (χ0n) is 13.1. The van der Waals surface area contributed by atoms with E-state index in [-0.39, 0.29) is 11.4 Å². The molecule has 2 saturated heterocycles. The molecule has 1 aromatic carbocycles. The molecule has 2 heterocycles. The summed E-state index contributed by atoms with van der Waals surface area (Å²) in [7, 11) is 1.75. The van der Waals surface area contributed by atoms with Gasteiger partial charge in [-0.2, -0.15) is 0 Å². The van der Waals surface area contributed by atoms with Crippen LogP contribution in [0.4, 0.5) is 4.39 Å². The summed E-state index contributed by atoms with van der Waals surface area (Å²) in [6.45, 7) is 4.12. The lowest BCUT2D eigenvalue weighted by Gasteiger charge is -2.33. The Morgan fingerprint density at radius 2 is 2.00 bits per heavy atom. The highest BCUT2D eigenvalue weighted by atomic mass is 19.1. The second kappa shape index (κ2) is 6.94. The van der Waals surface area contributed by atoms with Crippen molar-refractivity contribution in [1.29, 1.82) is 0 Å². The maximum absolute atomic E-state index is 12.9. The van der Waals surface area contributed by atoms with Crippen LogP contribution in [0.25, 0.3) is 0 Å². The van der Waals surface area contributed by atoms with Gasteiger partial charge in [-0.1, -0.05) is 0 Å². The Morgan fingerprint density at radius 3 is 2.68 bits per heavy atom. The first-order chi connectivity index (χ1) is 10.7. The second-order valence-corrected chi connectivity index (χ2v) is 6.19. The molecule has 0 radical (unpaired) electrons. The standard InChI is InChI=1S/C17H24FNO3/c1-20-17(13-22-16-4-2-14(18)3-5-16)8-9-19(12-17)15-6-10-21-11-7-15/h2-5,15H,6-13H2,1H3. The third-order valence-electron chi connectivity index (χ3n) is 4.80. The lowest BCUT2D eigenvalue weighted by atomic mass is 10.0. The predicted molar refractivity (Wildman–Crippen MR) is 81.7 cm³/mol. The molecular weight excluding hydrogens is 285 g/mol. The summed E-state index contributed by atoms with van der Waals surface area (Å²) in [5.41, 5.74) is -0.271. The molecule has 2 aliphatic heterocycles. The Balaban J connectivity index is 1.57. The van der Waals surface area contributed by atoms with E-state index in [9.17, 15) is 4.39 Å². The van der Waals surface area contributed by atoms with Crippen LogP contribution in [-0.4, -0.2) is 56.6 Å². The molecule has 122 valence electrons. The van der Waals surface area contributed by atoms with Gasteiger partial charge in [0.15, 0.2) is 0 Å². The summed E-state index contributed by atoms with van der Waals surface area (Å²) < 4.78 is 30.0. The van der Waals surface area contributed by atoms with Crippen molar-refractivity contribution in [1.82, 2.24) is 4.90 Å². The molecule has 0 spiro atoms. The fourth-order valence-electron chi connectivity index (χ4n) is 3.33. The van der Waals surface area contributed by atoms with E-state index in [1.807, 2.05) is 0 Å². The van der Waals surface area contributed by atoms with Crippen LogP contribution in [0.1, 0.15) is 19.3 Å². The number of hydrogen-bond acceptors (Lipinski definition) is 4. The van der Waals surface area contributed by atoms with E-state index in [1.54, 1.807) is 19.2 Å². The average molecular weight is 309 g/mol. The zero-order valence-corrected chi connectivity index (χ0v) is 13.1. The largest absolute Gasteiger partial charge is 0.491 e. The Hall–Kier alpha value is -1.17. The van der Waals surface area contributed by atoms with Gasteiger partial charge in [0.2, 0.25) is 0 Å². The van der Waals surface area contributed by atoms with E-state index < -0.39 is 0 Å². The molecule has 3 rings (SSSR count). The minimum Gasteiger partial charge on any atom is -0.491 e. The number of halogens is 1. The molecule has 1 atom stereocenters. The molecule has 22 heavy (non-hydrogen) atoms. The number of rotatable bonds is 5. The van der Waals surface area contributed by atoms with Crippen LogP contribution in [0.15, 0.2) is 24.3 Å². The van der Waals surface area contributed by atoms with E-state index in [0.717, 1.165) is 45.6 Å². The lowest BCUT2D eigenvalue weighted by molar-refractivity contribution is -0.0426. The van der Waals surface area contributed by atoms with Crippen molar-refractivity contribution in [2.45, 2.75) is 30.9 Å². The van der Waals surface area contributed by atoms with E-state index >= 15 is 0 Å². The van der Waals surface area contributed by atoms with Crippen LogP contribution in [-0.2, 0) is 9.47 Å². The maximum atomic E-state index is 12.9. The minimum absolute atomic E-state index is 0.250. The van der Waals surface area contributed by atoms with Crippen molar-refractivity contribution in [2.24, 2.45) is 0 Å². The SMILES string of the molecule is COC1(COc2ccc(F)cc2)CCN(C2CCOCC2)C1. The number of nitrogens with zero attached hydrogens (tertiary/aromatic N) is 1. The summed E-state index contributed by atoms with van der Waals surface area (Å²) in [5, 5.41) is 0. The van der Waals surface area contributed by atoms with Crippen LogP contribution >= 0.6 is 0 Å². The molecule has 2 fully saturated rings. The lowest BCUT2D eigenvalue weighted by Crippen LogP contribution is -2.44. The summed E-state index contributed by atoms with van der Waals surface area (Å²) >= 11 is 0. The highest BCUT2D eigenvalue weighted by Crippen LogP contribution is 2.30. The quantitative estimate of drug-likeness (QED) is 0.836. The van der Waals surface area contributed by atoms with Gasteiger partial charge in [0, 0.05) is 39.5 Å². The Morgan fingerprint density at radius 1 is 1.27 bits per heavy atom. The smallest absolute Gasteiger partial charge is 0.123 e. The highest BCUT2D eigenvalue weighted by molar-refractivity contribution is 5.22.